The fourth-order valence-electron chi connectivity index (χ4n) is 3.08. The third kappa shape index (κ3) is 7.14. The number of carbonyl (C=O) groups excluding carboxylic acids is 1. The molecule has 0 aliphatic heterocycles. The highest BCUT2D eigenvalue weighted by atomic mass is 35.5. The first-order chi connectivity index (χ1) is 15.8. The van der Waals surface area contributed by atoms with Crippen molar-refractivity contribution in [2.45, 2.75) is 17.6 Å². The Morgan fingerprint density at radius 3 is 2.42 bits per heavy atom. The Bertz CT molecular complexity index is 1200. The molecule has 0 fully saturated rings. The smallest absolute Gasteiger partial charge is 0.264 e. The van der Waals surface area contributed by atoms with Gasteiger partial charge in [-0.2, -0.15) is 11.8 Å². The lowest BCUT2D eigenvalue weighted by molar-refractivity contribution is -0.119. The lowest BCUT2D eigenvalue weighted by Crippen LogP contribution is -2.41. The summed E-state index contributed by atoms with van der Waals surface area (Å²) in [6.07, 6.45) is 0. The molecule has 5 nitrogen and oxygen atoms in total. The molecule has 0 radical (unpaired) electrons. The van der Waals surface area contributed by atoms with Crippen molar-refractivity contribution < 1.29 is 13.2 Å². The molecule has 0 bridgehead atoms. The van der Waals surface area contributed by atoms with Crippen molar-refractivity contribution in [2.24, 2.45) is 0 Å². The van der Waals surface area contributed by atoms with Crippen LogP contribution < -0.4 is 9.62 Å². The Kier molecular flexibility index (Phi) is 9.09. The average molecular weight is 524 g/mol. The van der Waals surface area contributed by atoms with E-state index in [4.69, 9.17) is 23.2 Å². The average Bonchev–Trinajstić information content (AvgIpc) is 2.78. The van der Waals surface area contributed by atoms with Crippen LogP contribution in [0.3, 0.4) is 0 Å². The standard InChI is InChI=1S/C24H24Cl2N2O3S2/c1-18-5-4-7-21(15-18)28(33(30,31)22-11-9-20(25)10-12-22)16-24(29)27-13-14-32-17-19-6-2-3-8-23(19)26/h2-12,15H,13-14,16-17H2,1H3,(H,27,29). The van der Waals surface area contributed by atoms with Gasteiger partial charge in [-0.05, 0) is 60.5 Å². The highest BCUT2D eigenvalue weighted by Gasteiger charge is 2.27. The van der Waals surface area contributed by atoms with Crippen LogP contribution in [-0.4, -0.2) is 33.2 Å². The van der Waals surface area contributed by atoms with Crippen LogP contribution in [0.1, 0.15) is 11.1 Å². The number of thioether (sulfide) groups is 1. The van der Waals surface area contributed by atoms with E-state index < -0.39 is 10.0 Å². The minimum Gasteiger partial charge on any atom is -0.354 e. The first-order valence-electron chi connectivity index (χ1n) is 10.2. The molecule has 1 N–H and O–H groups in total. The van der Waals surface area contributed by atoms with E-state index in [1.165, 1.54) is 24.3 Å². The number of aryl methyl sites for hydroxylation is 1. The van der Waals surface area contributed by atoms with Crippen LogP contribution in [0.5, 0.6) is 0 Å². The summed E-state index contributed by atoms with van der Waals surface area (Å²) in [5, 5.41) is 3.96. The molecule has 0 spiro atoms. The molecule has 3 aromatic rings. The van der Waals surface area contributed by atoms with Crippen molar-refractivity contribution in [1.82, 2.24) is 5.32 Å². The zero-order chi connectivity index (χ0) is 23.8. The molecule has 174 valence electrons. The fraction of sp³-hybridized carbons (Fsp3) is 0.208. The van der Waals surface area contributed by atoms with E-state index in [1.54, 1.807) is 30.0 Å². The molecule has 0 heterocycles. The summed E-state index contributed by atoms with van der Waals surface area (Å²) in [5.74, 6) is 1.02. The molecule has 0 aliphatic rings. The number of nitrogens with zero attached hydrogens (tertiary/aromatic N) is 1. The largest absolute Gasteiger partial charge is 0.354 e. The van der Waals surface area contributed by atoms with Gasteiger partial charge in [0.1, 0.15) is 6.54 Å². The summed E-state index contributed by atoms with van der Waals surface area (Å²) in [6, 6.07) is 20.6. The highest BCUT2D eigenvalue weighted by Crippen LogP contribution is 2.25. The third-order valence-electron chi connectivity index (χ3n) is 4.76. The van der Waals surface area contributed by atoms with Crippen molar-refractivity contribution in [3.63, 3.8) is 0 Å². The summed E-state index contributed by atoms with van der Waals surface area (Å²) in [7, 11) is -3.96. The Morgan fingerprint density at radius 1 is 1.00 bits per heavy atom. The Hall–Kier alpha value is -2.19. The quantitative estimate of drug-likeness (QED) is 0.354. The van der Waals surface area contributed by atoms with Crippen molar-refractivity contribution in [3.05, 3.63) is 94.0 Å². The van der Waals surface area contributed by atoms with E-state index in [1.807, 2.05) is 37.3 Å². The van der Waals surface area contributed by atoms with E-state index in [0.29, 0.717) is 23.0 Å². The van der Waals surface area contributed by atoms with Gasteiger partial charge < -0.3 is 5.32 Å². The Labute approximate surface area is 209 Å². The lowest BCUT2D eigenvalue weighted by atomic mass is 10.2. The number of carbonyl (C=O) groups is 1. The number of benzene rings is 3. The summed E-state index contributed by atoms with van der Waals surface area (Å²) >= 11 is 13.7. The number of amides is 1. The third-order valence-corrected chi connectivity index (χ3v) is 8.18. The normalized spacial score (nSPS) is 11.2. The number of nitrogens with one attached hydrogen (secondary N) is 1. The number of halogens is 2. The Balaban J connectivity index is 1.65. The van der Waals surface area contributed by atoms with Crippen molar-refractivity contribution in [3.8, 4) is 0 Å². The molecule has 0 aromatic heterocycles. The second kappa shape index (κ2) is 11.8. The monoisotopic (exact) mass is 522 g/mol. The summed E-state index contributed by atoms with van der Waals surface area (Å²) in [6.45, 7) is 1.95. The second-order valence-corrected chi connectivity index (χ2v) is 11.1. The number of rotatable bonds is 10. The molecule has 0 atom stereocenters. The van der Waals surface area contributed by atoms with Gasteiger partial charge in [-0.1, -0.05) is 53.5 Å². The zero-order valence-electron chi connectivity index (χ0n) is 18.0. The molecule has 33 heavy (non-hydrogen) atoms. The van der Waals surface area contributed by atoms with Crippen LogP contribution in [0.4, 0.5) is 5.69 Å². The first kappa shape index (κ1) is 25.4. The van der Waals surface area contributed by atoms with Crippen molar-refractivity contribution >= 4 is 56.6 Å². The van der Waals surface area contributed by atoms with Gasteiger partial charge in [-0.25, -0.2) is 8.42 Å². The molecule has 0 saturated carbocycles. The van der Waals surface area contributed by atoms with E-state index in [2.05, 4.69) is 5.32 Å². The van der Waals surface area contributed by atoms with Gasteiger partial charge >= 0.3 is 0 Å². The molecule has 0 saturated heterocycles. The predicted octanol–water partition coefficient (Wildman–Crippen LogP) is 5.55. The van der Waals surface area contributed by atoms with E-state index in [0.717, 1.165) is 26.2 Å². The SMILES string of the molecule is Cc1cccc(N(CC(=O)NCCSCc2ccccc2Cl)S(=O)(=O)c2ccc(Cl)cc2)c1. The van der Waals surface area contributed by atoms with Crippen LogP contribution in [-0.2, 0) is 20.6 Å². The van der Waals surface area contributed by atoms with Gasteiger partial charge in [-0.15, -0.1) is 0 Å². The maximum absolute atomic E-state index is 13.3. The predicted molar refractivity (Wildman–Crippen MR) is 138 cm³/mol. The number of sulfonamides is 1. The Morgan fingerprint density at radius 2 is 1.73 bits per heavy atom. The fourth-order valence-corrected chi connectivity index (χ4v) is 5.76. The van der Waals surface area contributed by atoms with Gasteiger partial charge in [0, 0.05) is 28.1 Å². The van der Waals surface area contributed by atoms with Crippen LogP contribution in [0, 0.1) is 6.92 Å². The maximum Gasteiger partial charge on any atom is 0.264 e. The molecule has 9 heteroatoms. The molecule has 0 unspecified atom stereocenters. The van der Waals surface area contributed by atoms with E-state index >= 15 is 0 Å². The molecule has 0 aliphatic carbocycles. The topological polar surface area (TPSA) is 66.5 Å². The molecule has 3 aromatic carbocycles. The second-order valence-electron chi connectivity index (χ2n) is 7.30. The summed E-state index contributed by atoms with van der Waals surface area (Å²) < 4.78 is 27.8. The molecular formula is C24H24Cl2N2O3S2. The van der Waals surface area contributed by atoms with E-state index in [-0.39, 0.29) is 17.3 Å². The van der Waals surface area contributed by atoms with Crippen molar-refractivity contribution in [2.75, 3.05) is 23.1 Å². The molecule has 3 rings (SSSR count). The number of hydrogen-bond donors (Lipinski definition) is 1. The molecule has 1 amide bonds. The van der Waals surface area contributed by atoms with Gasteiger partial charge in [0.05, 0.1) is 10.6 Å². The van der Waals surface area contributed by atoms with Gasteiger partial charge in [0.25, 0.3) is 10.0 Å². The van der Waals surface area contributed by atoms with Crippen LogP contribution in [0.25, 0.3) is 0 Å². The zero-order valence-corrected chi connectivity index (χ0v) is 21.1. The van der Waals surface area contributed by atoms with Gasteiger partial charge in [0.15, 0.2) is 0 Å². The van der Waals surface area contributed by atoms with Crippen molar-refractivity contribution in [1.29, 1.82) is 0 Å². The number of hydrogen-bond acceptors (Lipinski definition) is 4. The summed E-state index contributed by atoms with van der Waals surface area (Å²) in [5.41, 5.74) is 2.35. The van der Waals surface area contributed by atoms with Gasteiger partial charge in [0.2, 0.25) is 5.91 Å². The van der Waals surface area contributed by atoms with Gasteiger partial charge in [-0.3, -0.25) is 9.10 Å². The maximum atomic E-state index is 13.3. The molecular weight excluding hydrogens is 499 g/mol. The lowest BCUT2D eigenvalue weighted by Gasteiger charge is -2.24. The highest BCUT2D eigenvalue weighted by molar-refractivity contribution is 7.98. The number of anilines is 1. The minimum absolute atomic E-state index is 0.0662. The first-order valence-corrected chi connectivity index (χ1v) is 13.6. The minimum atomic E-state index is -3.96. The van der Waals surface area contributed by atoms with Crippen LogP contribution in [0.15, 0.2) is 77.7 Å². The van der Waals surface area contributed by atoms with Crippen LogP contribution in [0.2, 0.25) is 10.0 Å². The van der Waals surface area contributed by atoms with E-state index in [9.17, 15) is 13.2 Å². The van der Waals surface area contributed by atoms with Crippen LogP contribution >= 0.6 is 35.0 Å². The summed E-state index contributed by atoms with van der Waals surface area (Å²) in [4.78, 5) is 12.7.